The van der Waals surface area contributed by atoms with E-state index in [1.54, 1.807) is 12.1 Å². The minimum absolute atomic E-state index is 0.134. The van der Waals surface area contributed by atoms with Gasteiger partial charge in [0.25, 0.3) is 0 Å². The van der Waals surface area contributed by atoms with Crippen molar-refractivity contribution in [3.05, 3.63) is 42.4 Å². The molecule has 1 atom stereocenters. The third-order valence-electron chi connectivity index (χ3n) is 3.15. The summed E-state index contributed by atoms with van der Waals surface area (Å²) in [6.07, 6.45) is 0.0344. The first-order valence-electron chi connectivity index (χ1n) is 6.21. The number of aromatic amines is 1. The number of hydrogen-bond acceptors (Lipinski definition) is 3. The van der Waals surface area contributed by atoms with Crippen molar-refractivity contribution in [2.45, 2.75) is 11.1 Å². The zero-order chi connectivity index (χ0) is 15.9. The molecule has 0 saturated heterocycles. The fourth-order valence-electron chi connectivity index (χ4n) is 2.14. The van der Waals surface area contributed by atoms with Crippen LogP contribution in [0.15, 0.2) is 41.6 Å². The largest absolute Gasteiger partial charge is 0.433 e. The monoisotopic (exact) mass is 325 g/mol. The van der Waals surface area contributed by atoms with Crippen LogP contribution in [0.5, 0.6) is 0 Å². The Labute approximate surface area is 125 Å². The van der Waals surface area contributed by atoms with Crippen molar-refractivity contribution < 1.29 is 17.4 Å². The summed E-state index contributed by atoms with van der Waals surface area (Å²) in [5, 5.41) is 0.549. The van der Waals surface area contributed by atoms with Gasteiger partial charge >= 0.3 is 6.18 Å². The quantitative estimate of drug-likeness (QED) is 0.786. The number of hydrogen-bond donors (Lipinski definition) is 1. The van der Waals surface area contributed by atoms with Gasteiger partial charge in [0, 0.05) is 35.3 Å². The van der Waals surface area contributed by atoms with Gasteiger partial charge in [-0.3, -0.25) is 9.19 Å². The minimum atomic E-state index is -4.49. The van der Waals surface area contributed by atoms with E-state index in [0.717, 1.165) is 6.07 Å². The van der Waals surface area contributed by atoms with Crippen molar-refractivity contribution in [1.29, 1.82) is 0 Å². The Morgan fingerprint density at radius 1 is 1.23 bits per heavy atom. The number of halogens is 3. The molecular formula is C14H10F3N3OS. The van der Waals surface area contributed by atoms with Crippen molar-refractivity contribution in [2.24, 2.45) is 0 Å². The molecule has 0 saturated carbocycles. The second-order valence-corrected chi connectivity index (χ2v) is 5.99. The highest BCUT2D eigenvalue weighted by Gasteiger charge is 2.32. The molecule has 0 aliphatic rings. The minimum Gasteiger partial charge on any atom is -0.339 e. The maximum atomic E-state index is 12.7. The summed E-state index contributed by atoms with van der Waals surface area (Å²) in [5.74, 6) is 0. The first-order chi connectivity index (χ1) is 10.4. The van der Waals surface area contributed by atoms with Crippen LogP contribution in [0.2, 0.25) is 0 Å². The standard InChI is InChI=1S/C14H10F3N3OS/c1-22(21)11-7-18-5-4-9(11)10-6-8-2-3-12(14(15,16)17)20-13(8)19-10/h2-7H,1H3,(H,19,20). The molecule has 114 valence electrons. The van der Waals surface area contributed by atoms with E-state index >= 15 is 0 Å². The molecule has 3 rings (SSSR count). The molecular weight excluding hydrogens is 315 g/mol. The number of aromatic nitrogens is 3. The van der Waals surface area contributed by atoms with E-state index < -0.39 is 22.7 Å². The third kappa shape index (κ3) is 2.61. The van der Waals surface area contributed by atoms with Gasteiger partial charge in [0.15, 0.2) is 0 Å². The molecule has 0 amide bonds. The van der Waals surface area contributed by atoms with Gasteiger partial charge in [-0.15, -0.1) is 0 Å². The van der Waals surface area contributed by atoms with Gasteiger partial charge in [-0.1, -0.05) is 0 Å². The first-order valence-corrected chi connectivity index (χ1v) is 7.77. The van der Waals surface area contributed by atoms with Crippen molar-refractivity contribution in [2.75, 3.05) is 6.26 Å². The van der Waals surface area contributed by atoms with Gasteiger partial charge in [0.1, 0.15) is 11.3 Å². The second-order valence-electron chi connectivity index (χ2n) is 4.64. The zero-order valence-electron chi connectivity index (χ0n) is 11.3. The lowest BCUT2D eigenvalue weighted by Crippen LogP contribution is -2.07. The summed E-state index contributed by atoms with van der Waals surface area (Å²) in [4.78, 5) is 10.9. The fourth-order valence-corrected chi connectivity index (χ4v) is 2.84. The Kier molecular flexibility index (Phi) is 3.48. The van der Waals surface area contributed by atoms with Gasteiger partial charge in [-0.25, -0.2) is 4.98 Å². The number of fused-ring (bicyclic) bond motifs is 1. The van der Waals surface area contributed by atoms with Crippen LogP contribution in [0.25, 0.3) is 22.3 Å². The maximum Gasteiger partial charge on any atom is 0.433 e. The molecule has 0 fully saturated rings. The lowest BCUT2D eigenvalue weighted by Gasteiger charge is -2.04. The number of nitrogens with one attached hydrogen (secondary N) is 1. The lowest BCUT2D eigenvalue weighted by atomic mass is 10.2. The zero-order valence-corrected chi connectivity index (χ0v) is 12.1. The van der Waals surface area contributed by atoms with E-state index in [-0.39, 0.29) is 5.65 Å². The van der Waals surface area contributed by atoms with Crippen molar-refractivity contribution in [3.8, 4) is 11.3 Å². The molecule has 8 heteroatoms. The molecule has 0 radical (unpaired) electrons. The average molecular weight is 325 g/mol. The van der Waals surface area contributed by atoms with Crippen LogP contribution in [0.3, 0.4) is 0 Å². The summed E-state index contributed by atoms with van der Waals surface area (Å²) in [7, 11) is -1.26. The smallest absolute Gasteiger partial charge is 0.339 e. The summed E-state index contributed by atoms with van der Waals surface area (Å²) in [6.45, 7) is 0. The molecule has 22 heavy (non-hydrogen) atoms. The van der Waals surface area contributed by atoms with E-state index in [1.165, 1.54) is 24.7 Å². The van der Waals surface area contributed by atoms with Crippen LogP contribution in [-0.4, -0.2) is 25.4 Å². The van der Waals surface area contributed by atoms with Gasteiger partial charge < -0.3 is 4.98 Å². The summed E-state index contributed by atoms with van der Waals surface area (Å²) in [6, 6.07) is 5.63. The Morgan fingerprint density at radius 3 is 2.68 bits per heavy atom. The van der Waals surface area contributed by atoms with Crippen LogP contribution in [0.4, 0.5) is 13.2 Å². The lowest BCUT2D eigenvalue weighted by molar-refractivity contribution is -0.141. The third-order valence-corrected chi connectivity index (χ3v) is 4.10. The molecule has 0 aliphatic carbocycles. The van der Waals surface area contributed by atoms with Gasteiger partial charge in [-0.05, 0) is 24.3 Å². The number of alkyl halides is 3. The topological polar surface area (TPSA) is 58.6 Å². The predicted molar refractivity (Wildman–Crippen MR) is 76.7 cm³/mol. The summed E-state index contributed by atoms with van der Waals surface area (Å²) >= 11 is 0. The van der Waals surface area contributed by atoms with Crippen LogP contribution in [-0.2, 0) is 17.0 Å². The molecule has 0 bridgehead atoms. The maximum absolute atomic E-state index is 12.7. The Balaban J connectivity index is 2.16. The van der Waals surface area contributed by atoms with E-state index in [9.17, 15) is 17.4 Å². The van der Waals surface area contributed by atoms with E-state index in [2.05, 4.69) is 15.0 Å². The molecule has 1 unspecified atom stereocenters. The first kappa shape index (κ1) is 14.7. The molecule has 0 aliphatic heterocycles. The highest BCUT2D eigenvalue weighted by molar-refractivity contribution is 7.84. The van der Waals surface area contributed by atoms with E-state index in [1.807, 2.05) is 0 Å². The van der Waals surface area contributed by atoms with Gasteiger partial charge in [0.2, 0.25) is 0 Å². The Bertz CT molecular complexity index is 873. The van der Waals surface area contributed by atoms with Crippen LogP contribution >= 0.6 is 0 Å². The highest BCUT2D eigenvalue weighted by Crippen LogP contribution is 2.31. The molecule has 3 aromatic rings. The number of pyridine rings is 2. The normalized spacial score (nSPS) is 13.5. The SMILES string of the molecule is CS(=O)c1cnccc1-c1cc2ccc(C(F)(F)F)nc2[nH]1. The highest BCUT2D eigenvalue weighted by atomic mass is 32.2. The van der Waals surface area contributed by atoms with Crippen LogP contribution < -0.4 is 0 Å². The Morgan fingerprint density at radius 2 is 2.00 bits per heavy atom. The molecule has 0 spiro atoms. The second kappa shape index (κ2) is 5.20. The van der Waals surface area contributed by atoms with Gasteiger partial charge in [-0.2, -0.15) is 13.2 Å². The summed E-state index contributed by atoms with van der Waals surface area (Å²) < 4.78 is 49.8. The average Bonchev–Trinajstić information content (AvgIpc) is 2.89. The number of rotatable bonds is 2. The molecule has 4 nitrogen and oxygen atoms in total. The molecule has 1 N–H and O–H groups in total. The molecule has 3 aromatic heterocycles. The van der Waals surface area contributed by atoms with Crippen molar-refractivity contribution in [3.63, 3.8) is 0 Å². The van der Waals surface area contributed by atoms with E-state index in [0.29, 0.717) is 21.5 Å². The van der Waals surface area contributed by atoms with E-state index in [4.69, 9.17) is 0 Å². The van der Waals surface area contributed by atoms with Crippen molar-refractivity contribution >= 4 is 21.8 Å². The number of H-pyrrole nitrogens is 1. The van der Waals surface area contributed by atoms with Crippen LogP contribution in [0, 0.1) is 0 Å². The van der Waals surface area contributed by atoms with Crippen molar-refractivity contribution in [1.82, 2.24) is 15.0 Å². The summed E-state index contributed by atoms with van der Waals surface area (Å²) in [5.41, 5.74) is 0.355. The fraction of sp³-hybridized carbons (Fsp3) is 0.143. The molecule has 3 heterocycles. The van der Waals surface area contributed by atoms with Crippen LogP contribution in [0.1, 0.15) is 5.69 Å². The molecule has 0 aromatic carbocycles. The predicted octanol–water partition coefficient (Wildman–Crippen LogP) is 3.38. The van der Waals surface area contributed by atoms with Gasteiger partial charge in [0.05, 0.1) is 15.7 Å². The number of nitrogens with zero attached hydrogens (tertiary/aromatic N) is 2. The Hall–Kier alpha value is -2.22.